The number of fused-ring (bicyclic) bond motifs is 6. The standard InChI is InChI=1S/C66H62N4O6/c71-53(47-75-57(41-67(49-22-5-1-6-23-49)50-24-7-2-8-25-50)43-69-63-36-17-13-32-59(63)60-33-14-18-37-64(60)69)45-73-55-30-21-31-56(40-55)74-46-54(72)48-76-58(42-68(51-26-9-3-10-27-51)52-28-11-4-12-29-52)44-70-65-38-19-15-34-61(65)62-35-16-20-39-66(62)70/h1-40,53-54,57-58,71-72H,41-48H2. The minimum absolute atomic E-state index is 0.000555. The molecule has 0 saturated heterocycles. The Morgan fingerprint density at radius 3 is 0.934 bits per heavy atom. The highest BCUT2D eigenvalue weighted by atomic mass is 16.5. The van der Waals surface area contributed by atoms with Crippen LogP contribution in [-0.2, 0) is 22.6 Å². The summed E-state index contributed by atoms with van der Waals surface area (Å²) < 4.78 is 30.5. The quantitative estimate of drug-likeness (QED) is 0.0618. The molecule has 382 valence electrons. The monoisotopic (exact) mass is 1010 g/mol. The van der Waals surface area contributed by atoms with Gasteiger partial charge in [-0.1, -0.05) is 152 Å². The lowest BCUT2D eigenvalue weighted by molar-refractivity contribution is -0.0268. The Balaban J connectivity index is 0.750. The van der Waals surface area contributed by atoms with Crippen molar-refractivity contribution in [3.8, 4) is 11.5 Å². The molecule has 0 aliphatic carbocycles. The van der Waals surface area contributed by atoms with Crippen LogP contribution in [0.15, 0.2) is 243 Å². The van der Waals surface area contributed by atoms with Crippen LogP contribution < -0.4 is 19.3 Å². The van der Waals surface area contributed by atoms with Gasteiger partial charge in [0.15, 0.2) is 0 Å². The van der Waals surface area contributed by atoms with Crippen molar-refractivity contribution in [2.24, 2.45) is 0 Å². The van der Waals surface area contributed by atoms with E-state index in [0.717, 1.165) is 44.8 Å². The van der Waals surface area contributed by atoms with Gasteiger partial charge in [-0.25, -0.2) is 0 Å². The predicted molar refractivity (Wildman–Crippen MR) is 308 cm³/mol. The predicted octanol–water partition coefficient (Wildman–Crippen LogP) is 13.2. The van der Waals surface area contributed by atoms with E-state index in [1.165, 1.54) is 21.5 Å². The van der Waals surface area contributed by atoms with E-state index in [1.54, 1.807) is 6.07 Å². The molecular weight excluding hydrogens is 945 g/mol. The molecular formula is C66H62N4O6. The first-order chi connectivity index (χ1) is 37.5. The van der Waals surface area contributed by atoms with Crippen LogP contribution in [0.2, 0.25) is 0 Å². The summed E-state index contributed by atoms with van der Waals surface area (Å²) in [4.78, 5) is 4.54. The molecule has 4 atom stereocenters. The number of para-hydroxylation sites is 8. The molecule has 0 fully saturated rings. The smallest absolute Gasteiger partial charge is 0.123 e. The molecule has 0 saturated carbocycles. The highest BCUT2D eigenvalue weighted by Crippen LogP contribution is 2.33. The van der Waals surface area contributed by atoms with Crippen molar-refractivity contribution in [3.05, 3.63) is 243 Å². The Morgan fingerprint density at radius 1 is 0.329 bits per heavy atom. The number of hydrogen-bond donors (Lipinski definition) is 2. The Bertz CT molecular complexity index is 3170. The van der Waals surface area contributed by atoms with Crippen LogP contribution in [0.5, 0.6) is 11.5 Å². The molecule has 0 spiro atoms. The summed E-state index contributed by atoms with van der Waals surface area (Å²) >= 11 is 0. The number of hydrogen-bond acceptors (Lipinski definition) is 8. The Morgan fingerprint density at radius 2 is 0.618 bits per heavy atom. The molecule has 0 aliphatic heterocycles. The van der Waals surface area contributed by atoms with E-state index in [4.69, 9.17) is 18.9 Å². The number of benzene rings is 9. The first-order valence-corrected chi connectivity index (χ1v) is 26.1. The lowest BCUT2D eigenvalue weighted by Gasteiger charge is -2.31. The topological polar surface area (TPSA) is 93.7 Å². The van der Waals surface area contributed by atoms with Crippen molar-refractivity contribution in [1.29, 1.82) is 0 Å². The van der Waals surface area contributed by atoms with Gasteiger partial charge < -0.3 is 48.1 Å². The fourth-order valence-electron chi connectivity index (χ4n) is 10.3. The molecule has 2 heterocycles. The van der Waals surface area contributed by atoms with Gasteiger partial charge in [0.1, 0.15) is 36.9 Å². The number of aliphatic hydroxyl groups excluding tert-OH is 2. The molecule has 76 heavy (non-hydrogen) atoms. The highest BCUT2D eigenvalue weighted by Gasteiger charge is 2.24. The average Bonchev–Trinajstić information content (AvgIpc) is 4.06. The van der Waals surface area contributed by atoms with Gasteiger partial charge in [0.25, 0.3) is 0 Å². The summed E-state index contributed by atoms with van der Waals surface area (Å²) in [5.41, 5.74) is 8.69. The molecule has 10 heteroatoms. The Labute approximate surface area is 443 Å². The molecule has 11 aromatic rings. The fourth-order valence-corrected chi connectivity index (χ4v) is 10.3. The normalized spacial score (nSPS) is 13.2. The number of anilines is 4. The van der Waals surface area contributed by atoms with Gasteiger partial charge in [-0.05, 0) is 84.9 Å². The van der Waals surface area contributed by atoms with E-state index < -0.39 is 12.2 Å². The zero-order valence-electron chi connectivity index (χ0n) is 42.4. The third kappa shape index (κ3) is 11.6. The average molecular weight is 1010 g/mol. The van der Waals surface area contributed by atoms with Crippen molar-refractivity contribution in [3.63, 3.8) is 0 Å². The van der Waals surface area contributed by atoms with Crippen molar-refractivity contribution in [1.82, 2.24) is 9.13 Å². The van der Waals surface area contributed by atoms with Crippen LogP contribution in [0.1, 0.15) is 0 Å². The van der Waals surface area contributed by atoms with E-state index in [2.05, 4.69) is 165 Å². The summed E-state index contributed by atoms with van der Waals surface area (Å²) in [5, 5.41) is 27.7. The van der Waals surface area contributed by atoms with Crippen molar-refractivity contribution in [2.75, 3.05) is 49.3 Å². The fraction of sp³-hybridized carbons (Fsp3) is 0.182. The third-order valence-corrected chi connectivity index (χ3v) is 13.9. The number of aromatic nitrogens is 2. The first-order valence-electron chi connectivity index (χ1n) is 26.1. The van der Waals surface area contributed by atoms with Crippen LogP contribution in [0.3, 0.4) is 0 Å². The molecule has 0 aliphatic rings. The second kappa shape index (κ2) is 23.9. The van der Waals surface area contributed by atoms with Crippen LogP contribution in [-0.4, -0.2) is 83.3 Å². The van der Waals surface area contributed by atoms with Gasteiger partial charge in [0, 0.05) is 72.4 Å². The maximum Gasteiger partial charge on any atom is 0.123 e. The second-order valence-electron chi connectivity index (χ2n) is 19.2. The van der Waals surface area contributed by atoms with Crippen LogP contribution in [0, 0.1) is 0 Å². The minimum Gasteiger partial charge on any atom is -0.491 e. The van der Waals surface area contributed by atoms with Gasteiger partial charge in [0.05, 0.1) is 51.6 Å². The number of ether oxygens (including phenoxy) is 4. The Hall–Kier alpha value is -8.38. The van der Waals surface area contributed by atoms with E-state index in [-0.39, 0.29) is 38.6 Å². The minimum atomic E-state index is -0.929. The van der Waals surface area contributed by atoms with Crippen LogP contribution in [0.25, 0.3) is 43.6 Å². The van der Waals surface area contributed by atoms with Gasteiger partial charge in [0.2, 0.25) is 0 Å². The summed E-state index contributed by atoms with van der Waals surface area (Å²) in [7, 11) is 0. The van der Waals surface area contributed by atoms with Gasteiger partial charge in [-0.2, -0.15) is 0 Å². The van der Waals surface area contributed by atoms with Crippen molar-refractivity contribution in [2.45, 2.75) is 37.5 Å². The number of rotatable bonds is 24. The van der Waals surface area contributed by atoms with Gasteiger partial charge in [-0.15, -0.1) is 0 Å². The van der Waals surface area contributed by atoms with Gasteiger partial charge in [-0.3, -0.25) is 0 Å². The highest BCUT2D eigenvalue weighted by molar-refractivity contribution is 6.08. The molecule has 4 unspecified atom stereocenters. The SMILES string of the molecule is OC(COc1cccc(OCC(O)COC(CN(c2ccccc2)c2ccccc2)Cn2c3ccccc3c3ccccc32)c1)COC(CN(c1ccccc1)c1ccccc1)Cn1c2ccccc2c2ccccc21. The molecule has 10 nitrogen and oxygen atoms in total. The molecule has 9 aromatic carbocycles. The maximum atomic E-state index is 11.5. The summed E-state index contributed by atoms with van der Waals surface area (Å²) in [6, 6.07) is 82.5. The molecule has 2 N–H and O–H groups in total. The molecule has 0 bridgehead atoms. The molecule has 0 radical (unpaired) electrons. The van der Waals surface area contributed by atoms with Gasteiger partial charge >= 0.3 is 0 Å². The van der Waals surface area contributed by atoms with E-state index >= 15 is 0 Å². The van der Waals surface area contributed by atoms with Crippen molar-refractivity contribution < 1.29 is 29.2 Å². The third-order valence-electron chi connectivity index (χ3n) is 13.9. The largest absolute Gasteiger partial charge is 0.491 e. The first kappa shape index (κ1) is 49.8. The Kier molecular flexibility index (Phi) is 15.6. The molecule has 0 amide bonds. The van der Waals surface area contributed by atoms with E-state index in [0.29, 0.717) is 37.7 Å². The van der Waals surface area contributed by atoms with Crippen molar-refractivity contribution >= 4 is 66.4 Å². The lowest BCUT2D eigenvalue weighted by atomic mass is 10.2. The number of aliphatic hydroxyl groups is 2. The van der Waals surface area contributed by atoms with Crippen LogP contribution >= 0.6 is 0 Å². The van der Waals surface area contributed by atoms with E-state index in [9.17, 15) is 10.2 Å². The zero-order valence-corrected chi connectivity index (χ0v) is 42.4. The van der Waals surface area contributed by atoms with Crippen LogP contribution in [0.4, 0.5) is 22.7 Å². The number of nitrogens with zero attached hydrogens (tertiary/aromatic N) is 4. The lowest BCUT2D eigenvalue weighted by Crippen LogP contribution is -2.37. The second-order valence-corrected chi connectivity index (χ2v) is 19.2. The molecule has 2 aromatic heterocycles. The maximum absolute atomic E-state index is 11.5. The van der Waals surface area contributed by atoms with E-state index in [1.807, 2.05) is 91.0 Å². The zero-order chi connectivity index (χ0) is 51.5. The summed E-state index contributed by atoms with van der Waals surface area (Å²) in [6.45, 7) is 2.26. The summed E-state index contributed by atoms with van der Waals surface area (Å²) in [6.07, 6.45) is -2.53. The summed E-state index contributed by atoms with van der Waals surface area (Å²) in [5.74, 6) is 1.05. The molecule has 11 rings (SSSR count).